The van der Waals surface area contributed by atoms with E-state index in [9.17, 15) is 13.6 Å². The summed E-state index contributed by atoms with van der Waals surface area (Å²) in [7, 11) is 0. The fourth-order valence-corrected chi connectivity index (χ4v) is 3.01. The van der Waals surface area contributed by atoms with Crippen molar-refractivity contribution in [1.82, 2.24) is 14.5 Å². The topological polar surface area (TPSA) is 75.7 Å². The number of hydrogen-bond donors (Lipinski definition) is 1. The van der Waals surface area contributed by atoms with Crippen molar-refractivity contribution in [1.29, 1.82) is 0 Å². The van der Waals surface area contributed by atoms with Crippen LogP contribution in [0.15, 0.2) is 0 Å². The number of piperazine rings is 1. The minimum atomic E-state index is -2.16. The molecule has 0 spiro atoms. The number of amides is 2. The normalized spacial score (nSPS) is 19.1. The fraction of sp³-hybridized carbons (Fsp3) is 0.944. The quantitative estimate of drug-likeness (QED) is 0.740. The van der Waals surface area contributed by atoms with Crippen LogP contribution >= 0.6 is 0 Å². The molecule has 2 aliphatic rings. The summed E-state index contributed by atoms with van der Waals surface area (Å²) in [6.07, 6.45) is 7.02. The molecule has 152 valence electrons. The molecule has 2 fully saturated rings. The predicted octanol–water partition coefficient (Wildman–Crippen LogP) is 3.91. The van der Waals surface area contributed by atoms with Crippen molar-refractivity contribution in [3.63, 3.8) is 0 Å². The van der Waals surface area contributed by atoms with Gasteiger partial charge in [-0.25, -0.2) is 9.10 Å². The van der Waals surface area contributed by atoms with Gasteiger partial charge in [0.05, 0.1) is 0 Å². The minimum absolute atomic E-state index is 0.0433. The molecule has 1 saturated carbocycles. The third-order valence-electron chi connectivity index (χ3n) is 3.67. The molecule has 0 radical (unpaired) electrons. The Hall–Kier alpha value is -0.660. The molecule has 1 heterocycles. The summed E-state index contributed by atoms with van der Waals surface area (Å²) < 4.78 is 22.9. The maximum atomic E-state index is 12.0. The molecule has 1 N–H and O–H groups in total. The molecule has 25 heavy (non-hydrogen) atoms. The third-order valence-corrected chi connectivity index (χ3v) is 4.46. The number of urea groups is 1. The van der Waals surface area contributed by atoms with Gasteiger partial charge in [-0.15, -0.1) is 0 Å². The molecule has 0 aromatic heterocycles. The van der Waals surface area contributed by atoms with Crippen LogP contribution in [0.5, 0.6) is 0 Å². The Labute approximate surface area is 158 Å². The molecule has 0 aromatic rings. The lowest BCUT2D eigenvalue weighted by Crippen LogP contribution is -2.53. The van der Waals surface area contributed by atoms with E-state index in [1.807, 2.05) is 27.7 Å². The van der Waals surface area contributed by atoms with Gasteiger partial charge in [0, 0.05) is 43.5 Å². The van der Waals surface area contributed by atoms with Crippen molar-refractivity contribution in [2.24, 2.45) is 0 Å². The maximum Gasteiger partial charge on any atom is 0.317 e. The maximum absolute atomic E-state index is 12.0. The number of hydrogen-bond acceptors (Lipinski definition) is 3. The Morgan fingerprint density at radius 2 is 1.44 bits per heavy atom. The summed E-state index contributed by atoms with van der Waals surface area (Å²) >= 11 is -2.16. The van der Waals surface area contributed by atoms with Crippen LogP contribution in [0.25, 0.3) is 0 Å². The van der Waals surface area contributed by atoms with Crippen molar-refractivity contribution < 1.29 is 13.6 Å². The van der Waals surface area contributed by atoms with Crippen molar-refractivity contribution in [2.45, 2.75) is 86.1 Å². The van der Waals surface area contributed by atoms with E-state index in [-0.39, 0.29) is 6.03 Å². The van der Waals surface area contributed by atoms with Gasteiger partial charge in [0.1, 0.15) is 0 Å². The lowest BCUT2D eigenvalue weighted by Gasteiger charge is -2.36. The van der Waals surface area contributed by atoms with E-state index >= 15 is 0 Å². The van der Waals surface area contributed by atoms with E-state index in [2.05, 4.69) is 19.2 Å². The first kappa shape index (κ1) is 26.6. The molecule has 6 nitrogen and oxygen atoms in total. The van der Waals surface area contributed by atoms with E-state index in [0.29, 0.717) is 32.2 Å². The van der Waals surface area contributed by atoms with Crippen LogP contribution in [-0.2, 0) is 11.3 Å². The van der Waals surface area contributed by atoms with Gasteiger partial charge in [0.25, 0.3) is 0 Å². The smallest absolute Gasteiger partial charge is 0.317 e. The van der Waals surface area contributed by atoms with Crippen LogP contribution in [0.3, 0.4) is 0 Å². The second-order valence-electron chi connectivity index (χ2n) is 5.62. The lowest BCUT2D eigenvalue weighted by molar-refractivity contribution is 0.165. The molecule has 0 bridgehead atoms. The van der Waals surface area contributed by atoms with E-state index in [4.69, 9.17) is 0 Å². The van der Waals surface area contributed by atoms with E-state index in [1.54, 1.807) is 4.90 Å². The largest absolute Gasteiger partial charge is 0.760 e. The highest BCUT2D eigenvalue weighted by atomic mass is 32.2. The highest BCUT2D eigenvalue weighted by Crippen LogP contribution is 2.17. The zero-order valence-corrected chi connectivity index (χ0v) is 18.0. The number of nitrogens with zero attached hydrogens (tertiary/aromatic N) is 2. The molecule has 1 unspecified atom stereocenters. The Morgan fingerprint density at radius 3 is 1.84 bits per heavy atom. The summed E-state index contributed by atoms with van der Waals surface area (Å²) in [5, 5.41) is 3.05. The second kappa shape index (κ2) is 18.1. The summed E-state index contributed by atoms with van der Waals surface area (Å²) in [5.41, 5.74) is 0. The molecule has 2 rings (SSSR count). The van der Waals surface area contributed by atoms with Gasteiger partial charge in [-0.05, 0) is 12.8 Å². The average molecular weight is 379 g/mol. The number of carbonyl (C=O) groups is 1. The first-order valence-electron chi connectivity index (χ1n) is 9.98. The van der Waals surface area contributed by atoms with Gasteiger partial charge in [0.15, 0.2) is 0 Å². The van der Waals surface area contributed by atoms with Crippen LogP contribution in [0.2, 0.25) is 0 Å². The molecule has 1 atom stereocenters. The molecule has 1 saturated heterocycles. The summed E-state index contributed by atoms with van der Waals surface area (Å²) in [6, 6.07) is 0.260. The van der Waals surface area contributed by atoms with E-state index in [1.165, 1.54) is 30.0 Å². The fourth-order valence-electron chi connectivity index (χ4n) is 2.55. The minimum Gasteiger partial charge on any atom is -0.760 e. The van der Waals surface area contributed by atoms with Crippen molar-refractivity contribution in [3.05, 3.63) is 0 Å². The Balaban J connectivity index is 0. The first-order chi connectivity index (χ1) is 12.1. The predicted molar refractivity (Wildman–Crippen MR) is 106 cm³/mol. The molecular formula is C18H40N3O3S-. The van der Waals surface area contributed by atoms with Crippen LogP contribution < -0.4 is 5.32 Å². The average Bonchev–Trinajstić information content (AvgIpc) is 2.66. The third kappa shape index (κ3) is 12.3. The van der Waals surface area contributed by atoms with Crippen LogP contribution in [-0.4, -0.2) is 56.2 Å². The zero-order valence-electron chi connectivity index (χ0n) is 17.2. The van der Waals surface area contributed by atoms with Crippen molar-refractivity contribution in [2.75, 3.05) is 26.2 Å². The van der Waals surface area contributed by atoms with E-state index in [0.717, 1.165) is 12.8 Å². The number of nitrogens with one attached hydrogen (secondary N) is 1. The number of carbonyl (C=O) groups excluding carboxylic acids is 1. The SMILES string of the molecule is CC.CC.CCC.O=C(NC1CCCCC1)N1CCN(S(=O)[O-])CC1. The highest BCUT2D eigenvalue weighted by molar-refractivity contribution is 7.76. The highest BCUT2D eigenvalue weighted by Gasteiger charge is 2.23. The molecule has 7 heteroatoms. The molecular weight excluding hydrogens is 338 g/mol. The second-order valence-corrected chi connectivity index (χ2v) is 6.58. The molecule has 0 aromatic carbocycles. The van der Waals surface area contributed by atoms with Crippen LogP contribution in [0.4, 0.5) is 4.79 Å². The number of rotatable bonds is 2. The molecule has 1 aliphatic heterocycles. The van der Waals surface area contributed by atoms with E-state index < -0.39 is 11.3 Å². The van der Waals surface area contributed by atoms with Gasteiger partial charge in [-0.2, -0.15) is 0 Å². The lowest BCUT2D eigenvalue weighted by atomic mass is 9.96. The summed E-state index contributed by atoms with van der Waals surface area (Å²) in [6.45, 7) is 14.0. The van der Waals surface area contributed by atoms with Crippen LogP contribution in [0, 0.1) is 0 Å². The standard InChI is InChI=1S/C11H21N3O3S.C3H8.2C2H6/c15-11(12-10-4-2-1-3-5-10)13-6-8-14(9-7-13)18(16)17;1-3-2;2*1-2/h10H,1-9H2,(H,12,15)(H,16,17);3H2,1-2H3;2*1-2H3/p-1. The summed E-state index contributed by atoms with van der Waals surface area (Å²) in [4.78, 5) is 13.7. The Kier molecular flexibility index (Phi) is 19.3. The van der Waals surface area contributed by atoms with Crippen molar-refractivity contribution in [3.8, 4) is 0 Å². The Bertz CT molecular complexity index is 330. The first-order valence-corrected chi connectivity index (χ1v) is 11.0. The summed E-state index contributed by atoms with van der Waals surface area (Å²) in [5.74, 6) is 0. The van der Waals surface area contributed by atoms with Gasteiger partial charge in [-0.3, -0.25) is 4.21 Å². The monoisotopic (exact) mass is 378 g/mol. The molecule has 2 amide bonds. The van der Waals surface area contributed by atoms with Gasteiger partial charge < -0.3 is 14.8 Å². The van der Waals surface area contributed by atoms with Gasteiger partial charge >= 0.3 is 6.03 Å². The zero-order chi connectivity index (χ0) is 19.7. The Morgan fingerprint density at radius 1 is 1.00 bits per heavy atom. The van der Waals surface area contributed by atoms with Crippen LogP contribution in [0.1, 0.15) is 80.1 Å². The van der Waals surface area contributed by atoms with Crippen molar-refractivity contribution >= 4 is 17.3 Å². The van der Waals surface area contributed by atoms with Gasteiger partial charge in [-0.1, -0.05) is 67.2 Å². The van der Waals surface area contributed by atoms with Gasteiger partial charge in [0.2, 0.25) is 0 Å². The molecule has 1 aliphatic carbocycles.